The summed E-state index contributed by atoms with van der Waals surface area (Å²) in [7, 11) is 0. The quantitative estimate of drug-likeness (QED) is 0.696. The maximum absolute atomic E-state index is 13.4. The SMILES string of the molecule is O=C1c2cn(-c3ccc(N4CC[C@H](F)C4)nc3)nc2CN1c1cncc(F)c1. The Kier molecular flexibility index (Phi) is 3.81. The van der Waals surface area contributed by atoms with Crippen molar-refractivity contribution in [2.24, 2.45) is 0 Å². The van der Waals surface area contributed by atoms with Crippen molar-refractivity contribution in [3.05, 3.63) is 60.1 Å². The van der Waals surface area contributed by atoms with Crippen LogP contribution in [0.15, 0.2) is 43.0 Å². The summed E-state index contributed by atoms with van der Waals surface area (Å²) in [6, 6.07) is 4.94. The molecule has 0 aliphatic carbocycles. The first-order chi connectivity index (χ1) is 13.6. The Labute approximate surface area is 159 Å². The van der Waals surface area contributed by atoms with Gasteiger partial charge in [0.2, 0.25) is 0 Å². The average Bonchev–Trinajstić information content (AvgIpc) is 3.38. The molecule has 0 N–H and O–H groups in total. The van der Waals surface area contributed by atoms with Crippen molar-refractivity contribution in [2.75, 3.05) is 22.9 Å². The van der Waals surface area contributed by atoms with E-state index in [0.717, 1.165) is 12.0 Å². The molecule has 5 rings (SSSR count). The van der Waals surface area contributed by atoms with Crippen LogP contribution in [0.3, 0.4) is 0 Å². The van der Waals surface area contributed by atoms with Crippen molar-refractivity contribution < 1.29 is 13.6 Å². The highest BCUT2D eigenvalue weighted by Gasteiger charge is 2.32. The molecule has 0 spiro atoms. The molecule has 7 nitrogen and oxygen atoms in total. The van der Waals surface area contributed by atoms with E-state index in [-0.39, 0.29) is 12.5 Å². The van der Waals surface area contributed by atoms with Crippen molar-refractivity contribution in [3.8, 4) is 5.69 Å². The maximum atomic E-state index is 13.4. The van der Waals surface area contributed by atoms with E-state index in [2.05, 4.69) is 15.1 Å². The minimum atomic E-state index is -0.808. The Morgan fingerprint density at radius 3 is 2.71 bits per heavy atom. The zero-order chi connectivity index (χ0) is 19.3. The molecule has 0 unspecified atom stereocenters. The second-order valence-electron chi connectivity index (χ2n) is 6.89. The summed E-state index contributed by atoms with van der Waals surface area (Å²) in [6.45, 7) is 1.27. The molecule has 5 heterocycles. The molecule has 3 aromatic heterocycles. The predicted octanol–water partition coefficient (Wildman–Crippen LogP) is 2.51. The van der Waals surface area contributed by atoms with Crippen molar-refractivity contribution in [3.63, 3.8) is 0 Å². The van der Waals surface area contributed by atoms with Crippen LogP contribution < -0.4 is 9.80 Å². The number of aromatic nitrogens is 4. The molecule has 1 saturated heterocycles. The molecular formula is C19H16F2N6O. The van der Waals surface area contributed by atoms with Gasteiger partial charge in [0.05, 0.1) is 54.3 Å². The van der Waals surface area contributed by atoms with Crippen LogP contribution in [0.4, 0.5) is 20.3 Å². The first kappa shape index (κ1) is 16.8. The van der Waals surface area contributed by atoms with Crippen molar-refractivity contribution in [1.29, 1.82) is 0 Å². The fourth-order valence-corrected chi connectivity index (χ4v) is 3.59. The molecule has 1 fully saturated rings. The van der Waals surface area contributed by atoms with Crippen LogP contribution in [-0.2, 0) is 6.54 Å². The molecule has 2 aliphatic rings. The molecular weight excluding hydrogens is 366 g/mol. The number of nitrogens with zero attached hydrogens (tertiary/aromatic N) is 6. The van der Waals surface area contributed by atoms with Crippen molar-refractivity contribution in [1.82, 2.24) is 19.7 Å². The van der Waals surface area contributed by atoms with E-state index in [4.69, 9.17) is 0 Å². The highest BCUT2D eigenvalue weighted by Crippen LogP contribution is 2.28. The predicted molar refractivity (Wildman–Crippen MR) is 97.8 cm³/mol. The first-order valence-corrected chi connectivity index (χ1v) is 8.95. The molecule has 0 radical (unpaired) electrons. The molecule has 1 amide bonds. The third-order valence-corrected chi connectivity index (χ3v) is 5.03. The summed E-state index contributed by atoms with van der Waals surface area (Å²) in [5.74, 6) is -0.0168. The lowest BCUT2D eigenvalue weighted by Crippen LogP contribution is -2.24. The van der Waals surface area contributed by atoms with Gasteiger partial charge >= 0.3 is 0 Å². The molecule has 3 aromatic rings. The second-order valence-corrected chi connectivity index (χ2v) is 6.89. The summed E-state index contributed by atoms with van der Waals surface area (Å²) in [5, 5.41) is 4.48. The summed E-state index contributed by atoms with van der Waals surface area (Å²) >= 11 is 0. The lowest BCUT2D eigenvalue weighted by atomic mass is 10.3. The summed E-state index contributed by atoms with van der Waals surface area (Å²) < 4.78 is 28.4. The Morgan fingerprint density at radius 2 is 2.04 bits per heavy atom. The lowest BCUT2D eigenvalue weighted by Gasteiger charge is -2.16. The number of rotatable bonds is 3. The third-order valence-electron chi connectivity index (χ3n) is 5.03. The Morgan fingerprint density at radius 1 is 1.14 bits per heavy atom. The van der Waals surface area contributed by atoms with Gasteiger partial charge in [-0.2, -0.15) is 5.10 Å². The average molecular weight is 382 g/mol. The van der Waals surface area contributed by atoms with E-state index in [1.165, 1.54) is 17.2 Å². The van der Waals surface area contributed by atoms with E-state index in [1.807, 2.05) is 17.0 Å². The fourth-order valence-electron chi connectivity index (χ4n) is 3.59. The van der Waals surface area contributed by atoms with E-state index >= 15 is 0 Å². The van der Waals surface area contributed by atoms with Crippen molar-refractivity contribution >= 4 is 17.4 Å². The minimum absolute atomic E-state index is 0.246. The fraction of sp³-hybridized carbons (Fsp3) is 0.263. The van der Waals surface area contributed by atoms with E-state index < -0.39 is 12.0 Å². The van der Waals surface area contributed by atoms with Gasteiger partial charge in [-0.15, -0.1) is 0 Å². The molecule has 9 heteroatoms. The summed E-state index contributed by atoms with van der Waals surface area (Å²) in [4.78, 5) is 24.2. The van der Waals surface area contributed by atoms with Gasteiger partial charge in [-0.05, 0) is 18.6 Å². The third kappa shape index (κ3) is 2.79. The highest BCUT2D eigenvalue weighted by atomic mass is 19.1. The molecule has 0 aromatic carbocycles. The summed E-state index contributed by atoms with van der Waals surface area (Å²) in [5.41, 5.74) is 2.18. The van der Waals surface area contributed by atoms with Crippen LogP contribution in [0.5, 0.6) is 0 Å². The maximum Gasteiger partial charge on any atom is 0.262 e. The van der Waals surface area contributed by atoms with Crippen LogP contribution in [0.25, 0.3) is 5.69 Å². The van der Waals surface area contributed by atoms with Crippen LogP contribution >= 0.6 is 0 Å². The number of hydrogen-bond donors (Lipinski definition) is 0. The number of fused-ring (bicyclic) bond motifs is 1. The Balaban J connectivity index is 1.37. The second kappa shape index (κ2) is 6.36. The zero-order valence-corrected chi connectivity index (χ0v) is 14.8. The van der Waals surface area contributed by atoms with Crippen LogP contribution in [0, 0.1) is 5.82 Å². The monoisotopic (exact) mass is 382 g/mol. The van der Waals surface area contributed by atoms with Gasteiger partial charge in [0.25, 0.3) is 5.91 Å². The van der Waals surface area contributed by atoms with Crippen molar-refractivity contribution in [2.45, 2.75) is 19.1 Å². The van der Waals surface area contributed by atoms with E-state index in [9.17, 15) is 13.6 Å². The van der Waals surface area contributed by atoms with Crippen LogP contribution in [0.2, 0.25) is 0 Å². The highest BCUT2D eigenvalue weighted by molar-refractivity contribution is 6.09. The largest absolute Gasteiger partial charge is 0.354 e. The standard InChI is InChI=1S/C19H16F2N6O/c20-12-3-4-25(9-12)18-2-1-14(8-23-18)27-10-16-17(24-27)11-26(19(16)28)15-5-13(21)6-22-7-15/h1-2,5-8,10,12H,3-4,9,11H2/t12-/m0/s1. The topological polar surface area (TPSA) is 67.2 Å². The lowest BCUT2D eigenvalue weighted by molar-refractivity contribution is 0.0996. The minimum Gasteiger partial charge on any atom is -0.354 e. The number of anilines is 2. The number of carbonyl (C=O) groups is 1. The zero-order valence-electron chi connectivity index (χ0n) is 14.8. The van der Waals surface area contributed by atoms with Gasteiger partial charge in [0.1, 0.15) is 17.8 Å². The molecule has 0 saturated carbocycles. The van der Waals surface area contributed by atoms with Crippen LogP contribution in [0.1, 0.15) is 22.5 Å². The molecule has 2 aliphatic heterocycles. The van der Waals surface area contributed by atoms with Gasteiger partial charge in [-0.3, -0.25) is 9.78 Å². The van der Waals surface area contributed by atoms with Gasteiger partial charge in [0.15, 0.2) is 0 Å². The first-order valence-electron chi connectivity index (χ1n) is 8.95. The number of carbonyl (C=O) groups excluding carboxylic acids is 1. The smallest absolute Gasteiger partial charge is 0.262 e. The molecule has 142 valence electrons. The van der Waals surface area contributed by atoms with Crippen LogP contribution in [-0.4, -0.2) is 44.9 Å². The number of hydrogen-bond acceptors (Lipinski definition) is 5. The van der Waals surface area contributed by atoms with Gasteiger partial charge in [-0.1, -0.05) is 0 Å². The van der Waals surface area contributed by atoms with Gasteiger partial charge in [0, 0.05) is 18.8 Å². The molecule has 28 heavy (non-hydrogen) atoms. The van der Waals surface area contributed by atoms with Gasteiger partial charge in [-0.25, -0.2) is 18.4 Å². The summed E-state index contributed by atoms with van der Waals surface area (Å²) in [6.07, 6.45) is 5.56. The normalized spacial score (nSPS) is 18.8. The number of amides is 1. The number of halogens is 2. The molecule has 1 atom stereocenters. The number of pyridine rings is 2. The van der Waals surface area contributed by atoms with E-state index in [0.29, 0.717) is 42.1 Å². The Bertz CT molecular complexity index is 1050. The molecule has 0 bridgehead atoms. The Hall–Kier alpha value is -3.36. The van der Waals surface area contributed by atoms with Gasteiger partial charge < -0.3 is 9.80 Å². The van der Waals surface area contributed by atoms with E-state index in [1.54, 1.807) is 17.1 Å². The number of alkyl halides is 1.